The minimum absolute atomic E-state index is 0.0214. The molecule has 98 valence electrons. The molecule has 0 bridgehead atoms. The Bertz CT molecular complexity index is 596. The van der Waals surface area contributed by atoms with Crippen molar-refractivity contribution in [2.24, 2.45) is 0 Å². The van der Waals surface area contributed by atoms with Gasteiger partial charge in [0, 0.05) is 20.0 Å². The SMILES string of the molecule is CN(CCC#N)S(=O)(=O)c1ccc(Cl)c(N)c1Cl. The molecule has 0 fully saturated rings. The van der Waals surface area contributed by atoms with Gasteiger partial charge in [-0.3, -0.25) is 0 Å². The van der Waals surface area contributed by atoms with E-state index in [1.165, 1.54) is 19.2 Å². The monoisotopic (exact) mass is 307 g/mol. The van der Waals surface area contributed by atoms with Crippen LogP contribution in [-0.2, 0) is 10.0 Å². The molecule has 0 radical (unpaired) electrons. The average Bonchev–Trinajstić information content (AvgIpc) is 2.32. The van der Waals surface area contributed by atoms with Crippen LogP contribution in [0.15, 0.2) is 17.0 Å². The lowest BCUT2D eigenvalue weighted by Crippen LogP contribution is -2.28. The predicted molar refractivity (Wildman–Crippen MR) is 70.9 cm³/mol. The zero-order valence-electron chi connectivity index (χ0n) is 9.52. The number of hydrogen-bond acceptors (Lipinski definition) is 4. The molecule has 2 N–H and O–H groups in total. The average molecular weight is 308 g/mol. The van der Waals surface area contributed by atoms with E-state index in [9.17, 15) is 8.42 Å². The lowest BCUT2D eigenvalue weighted by atomic mass is 10.3. The first-order valence-corrected chi connectivity index (χ1v) is 7.08. The highest BCUT2D eigenvalue weighted by Gasteiger charge is 2.25. The molecule has 5 nitrogen and oxygen atoms in total. The van der Waals surface area contributed by atoms with Crippen molar-refractivity contribution >= 4 is 38.9 Å². The van der Waals surface area contributed by atoms with Crippen LogP contribution in [0.3, 0.4) is 0 Å². The molecule has 0 aliphatic carbocycles. The highest BCUT2D eigenvalue weighted by Crippen LogP contribution is 2.34. The third kappa shape index (κ3) is 2.87. The van der Waals surface area contributed by atoms with Gasteiger partial charge in [0.2, 0.25) is 10.0 Å². The van der Waals surface area contributed by atoms with E-state index < -0.39 is 10.0 Å². The van der Waals surface area contributed by atoms with Crippen molar-refractivity contribution in [3.8, 4) is 6.07 Å². The minimum Gasteiger partial charge on any atom is -0.396 e. The molecule has 0 aliphatic rings. The topological polar surface area (TPSA) is 87.2 Å². The van der Waals surface area contributed by atoms with Gasteiger partial charge in [0.25, 0.3) is 0 Å². The molecule has 0 saturated carbocycles. The van der Waals surface area contributed by atoms with Gasteiger partial charge >= 0.3 is 0 Å². The Morgan fingerprint density at radius 2 is 2.06 bits per heavy atom. The van der Waals surface area contributed by atoms with Crippen molar-refractivity contribution < 1.29 is 8.42 Å². The van der Waals surface area contributed by atoms with E-state index in [-0.39, 0.29) is 33.6 Å². The van der Waals surface area contributed by atoms with Crippen LogP contribution in [0.4, 0.5) is 5.69 Å². The maximum Gasteiger partial charge on any atom is 0.244 e. The fourth-order valence-corrected chi connectivity index (χ4v) is 3.15. The molecule has 1 aromatic carbocycles. The molecule has 1 rings (SSSR count). The molecule has 0 spiro atoms. The number of benzene rings is 1. The summed E-state index contributed by atoms with van der Waals surface area (Å²) in [6, 6.07) is 4.53. The number of nitrogens with two attached hydrogens (primary N) is 1. The molecule has 18 heavy (non-hydrogen) atoms. The van der Waals surface area contributed by atoms with Gasteiger partial charge in [0.1, 0.15) is 4.90 Å². The smallest absolute Gasteiger partial charge is 0.244 e. The first kappa shape index (κ1) is 15.1. The maximum atomic E-state index is 12.2. The second-order valence-corrected chi connectivity index (χ2v) is 6.31. The predicted octanol–water partition coefficient (Wildman–Crippen LogP) is 2.11. The van der Waals surface area contributed by atoms with Crippen LogP contribution < -0.4 is 5.73 Å². The molecule has 1 aromatic rings. The minimum atomic E-state index is -3.77. The Morgan fingerprint density at radius 1 is 1.44 bits per heavy atom. The normalized spacial score (nSPS) is 11.5. The van der Waals surface area contributed by atoms with Crippen LogP contribution in [-0.4, -0.2) is 26.3 Å². The summed E-state index contributed by atoms with van der Waals surface area (Å²) in [5.74, 6) is 0. The fraction of sp³-hybridized carbons (Fsp3) is 0.300. The Hall–Kier alpha value is -1.00. The molecule has 0 aromatic heterocycles. The summed E-state index contributed by atoms with van der Waals surface area (Å²) in [5.41, 5.74) is 5.60. The van der Waals surface area contributed by atoms with E-state index in [1.807, 2.05) is 6.07 Å². The molecular weight excluding hydrogens is 297 g/mol. The second-order valence-electron chi connectivity index (χ2n) is 3.51. The second kappa shape index (κ2) is 5.76. The molecule has 0 amide bonds. The van der Waals surface area contributed by atoms with Gasteiger partial charge in [0.05, 0.1) is 21.8 Å². The first-order valence-electron chi connectivity index (χ1n) is 4.89. The Morgan fingerprint density at radius 3 is 2.61 bits per heavy atom. The lowest BCUT2D eigenvalue weighted by molar-refractivity contribution is 0.476. The maximum absolute atomic E-state index is 12.2. The van der Waals surface area contributed by atoms with Crippen LogP contribution in [0, 0.1) is 11.3 Å². The van der Waals surface area contributed by atoms with Gasteiger partial charge < -0.3 is 5.73 Å². The number of anilines is 1. The highest BCUT2D eigenvalue weighted by molar-refractivity contribution is 7.89. The lowest BCUT2D eigenvalue weighted by Gasteiger charge is -2.17. The molecule has 0 saturated heterocycles. The number of sulfonamides is 1. The van der Waals surface area contributed by atoms with E-state index in [0.29, 0.717) is 0 Å². The van der Waals surface area contributed by atoms with Crippen LogP contribution in [0.5, 0.6) is 0 Å². The molecule has 0 aliphatic heterocycles. The van der Waals surface area contributed by atoms with Crippen molar-refractivity contribution in [2.45, 2.75) is 11.3 Å². The molecule has 0 heterocycles. The summed E-state index contributed by atoms with van der Waals surface area (Å²) >= 11 is 11.6. The van der Waals surface area contributed by atoms with E-state index in [2.05, 4.69) is 0 Å². The fourth-order valence-electron chi connectivity index (χ4n) is 1.24. The summed E-state index contributed by atoms with van der Waals surface area (Å²) in [4.78, 5) is -0.119. The standard InChI is InChI=1S/C10H11Cl2N3O2S/c1-15(6-2-5-13)18(16,17)8-4-3-7(11)10(14)9(8)12/h3-4H,2,6,14H2,1H3. The van der Waals surface area contributed by atoms with Crippen molar-refractivity contribution in [1.82, 2.24) is 4.31 Å². The summed E-state index contributed by atoms with van der Waals surface area (Å²) in [7, 11) is -2.40. The van der Waals surface area contributed by atoms with Crippen LogP contribution in [0.25, 0.3) is 0 Å². The van der Waals surface area contributed by atoms with Crippen LogP contribution in [0.1, 0.15) is 6.42 Å². The summed E-state index contributed by atoms with van der Waals surface area (Å²) in [6.07, 6.45) is 0.0937. The number of nitriles is 1. The number of nitrogens with zero attached hydrogens (tertiary/aromatic N) is 2. The van der Waals surface area contributed by atoms with Gasteiger partial charge in [-0.15, -0.1) is 0 Å². The van der Waals surface area contributed by atoms with Crippen molar-refractivity contribution in [3.05, 3.63) is 22.2 Å². The number of rotatable bonds is 4. The highest BCUT2D eigenvalue weighted by atomic mass is 35.5. The molecular formula is C10H11Cl2N3O2S. The van der Waals surface area contributed by atoms with Crippen LogP contribution >= 0.6 is 23.2 Å². The summed E-state index contributed by atoms with van der Waals surface area (Å²) in [6.45, 7) is 0.0810. The zero-order valence-corrected chi connectivity index (χ0v) is 11.8. The summed E-state index contributed by atoms with van der Waals surface area (Å²) in [5, 5.41) is 8.54. The van der Waals surface area contributed by atoms with Crippen LogP contribution in [0.2, 0.25) is 10.0 Å². The third-order valence-corrected chi connectivity index (χ3v) is 5.07. The molecule has 8 heteroatoms. The Labute approximate surface area is 116 Å². The number of hydrogen-bond donors (Lipinski definition) is 1. The van der Waals surface area contributed by atoms with Gasteiger partial charge in [-0.1, -0.05) is 23.2 Å². The van der Waals surface area contributed by atoms with Crippen molar-refractivity contribution in [1.29, 1.82) is 5.26 Å². The van der Waals surface area contributed by atoms with E-state index in [1.54, 1.807) is 0 Å². The van der Waals surface area contributed by atoms with E-state index >= 15 is 0 Å². The quantitative estimate of drug-likeness (QED) is 0.863. The zero-order chi connectivity index (χ0) is 13.9. The van der Waals surface area contributed by atoms with Crippen molar-refractivity contribution in [3.63, 3.8) is 0 Å². The van der Waals surface area contributed by atoms with Gasteiger partial charge in [-0.2, -0.15) is 9.57 Å². The Kier molecular flexibility index (Phi) is 4.82. The molecule has 0 atom stereocenters. The van der Waals surface area contributed by atoms with E-state index in [0.717, 1.165) is 4.31 Å². The number of nitrogen functional groups attached to an aromatic ring is 1. The van der Waals surface area contributed by atoms with Gasteiger partial charge in [0.15, 0.2) is 0 Å². The first-order chi connectivity index (χ1) is 8.32. The van der Waals surface area contributed by atoms with Gasteiger partial charge in [-0.05, 0) is 12.1 Å². The van der Waals surface area contributed by atoms with Gasteiger partial charge in [-0.25, -0.2) is 8.42 Å². The van der Waals surface area contributed by atoms with Crippen molar-refractivity contribution in [2.75, 3.05) is 19.3 Å². The largest absolute Gasteiger partial charge is 0.396 e. The number of halogens is 2. The third-order valence-electron chi connectivity index (χ3n) is 2.32. The Balaban J connectivity index is 3.22. The summed E-state index contributed by atoms with van der Waals surface area (Å²) < 4.78 is 25.4. The van der Waals surface area contributed by atoms with E-state index in [4.69, 9.17) is 34.2 Å². The molecule has 0 unspecified atom stereocenters.